The minimum Gasteiger partial charge on any atom is -0.361 e. The van der Waals surface area contributed by atoms with Gasteiger partial charge in [-0.25, -0.2) is 0 Å². The zero-order chi connectivity index (χ0) is 11.5. The Hall–Kier alpha value is -0.990. The number of fused-ring (bicyclic) bond motifs is 1. The number of nitrogens with two attached hydrogens (primary N) is 1. The summed E-state index contributed by atoms with van der Waals surface area (Å²) in [5.74, 6) is 0.461. The van der Waals surface area contributed by atoms with Gasteiger partial charge in [-0.2, -0.15) is 0 Å². The second kappa shape index (κ2) is 3.02. The number of aromatic nitrogens is 1. The predicted molar refractivity (Wildman–Crippen MR) is 67.8 cm³/mol. The van der Waals surface area contributed by atoms with Gasteiger partial charge in [0.25, 0.3) is 0 Å². The van der Waals surface area contributed by atoms with Crippen LogP contribution in [0.5, 0.6) is 0 Å². The highest BCUT2D eigenvalue weighted by molar-refractivity contribution is 6.31. The van der Waals surface area contributed by atoms with Crippen LogP contribution in [-0.2, 0) is 0 Å². The van der Waals surface area contributed by atoms with Crippen LogP contribution in [0.1, 0.15) is 25.3 Å². The molecule has 1 aliphatic rings. The Labute approximate surface area is 99.8 Å². The molecule has 3 rings (SSSR count). The Morgan fingerprint density at radius 3 is 2.69 bits per heavy atom. The van der Waals surface area contributed by atoms with E-state index < -0.39 is 0 Å². The third-order valence-corrected chi connectivity index (χ3v) is 4.16. The number of rotatable bonds is 1. The van der Waals surface area contributed by atoms with Crippen molar-refractivity contribution in [2.75, 3.05) is 0 Å². The third-order valence-electron chi connectivity index (χ3n) is 3.92. The Morgan fingerprint density at radius 2 is 2.06 bits per heavy atom. The van der Waals surface area contributed by atoms with Gasteiger partial charge in [0.05, 0.1) is 0 Å². The van der Waals surface area contributed by atoms with Gasteiger partial charge in [-0.05, 0) is 23.1 Å². The van der Waals surface area contributed by atoms with Crippen LogP contribution in [-0.4, -0.2) is 11.0 Å². The highest BCUT2D eigenvalue weighted by atomic mass is 35.5. The normalized spacial score (nSPS) is 27.2. The summed E-state index contributed by atoms with van der Waals surface area (Å²) in [6.07, 6.45) is 2.07. The largest absolute Gasteiger partial charge is 0.361 e. The van der Waals surface area contributed by atoms with Crippen molar-refractivity contribution in [1.82, 2.24) is 4.98 Å². The lowest BCUT2D eigenvalue weighted by Crippen LogP contribution is -2.06. The van der Waals surface area contributed by atoms with E-state index in [0.717, 1.165) is 10.5 Å². The average molecular weight is 235 g/mol. The maximum atomic E-state index is 6.12. The second-order valence-electron chi connectivity index (χ2n) is 5.26. The zero-order valence-electron chi connectivity index (χ0n) is 9.42. The predicted octanol–water partition coefficient (Wildman–Crippen LogP) is 3.27. The third kappa shape index (κ3) is 1.23. The summed E-state index contributed by atoms with van der Waals surface area (Å²) in [7, 11) is 0. The monoisotopic (exact) mass is 234 g/mol. The summed E-state index contributed by atoms with van der Waals surface area (Å²) in [5, 5.41) is 2.01. The lowest BCUT2D eigenvalue weighted by molar-refractivity contribution is 0.600. The number of halogens is 1. The molecule has 0 amide bonds. The molecule has 16 heavy (non-hydrogen) atoms. The molecular weight excluding hydrogens is 220 g/mol. The van der Waals surface area contributed by atoms with Gasteiger partial charge in [0.15, 0.2) is 0 Å². The lowest BCUT2D eigenvalue weighted by Gasteiger charge is -2.00. The summed E-state index contributed by atoms with van der Waals surface area (Å²) in [6.45, 7) is 4.44. The molecule has 0 radical (unpaired) electrons. The van der Waals surface area contributed by atoms with Crippen molar-refractivity contribution < 1.29 is 0 Å². The molecule has 1 aliphatic carbocycles. The fourth-order valence-electron chi connectivity index (χ4n) is 2.65. The Balaban J connectivity index is 2.13. The summed E-state index contributed by atoms with van der Waals surface area (Å²) in [4.78, 5) is 3.27. The summed E-state index contributed by atoms with van der Waals surface area (Å²) < 4.78 is 0. The molecule has 0 saturated heterocycles. The van der Waals surface area contributed by atoms with Crippen LogP contribution in [0.4, 0.5) is 0 Å². The van der Waals surface area contributed by atoms with E-state index in [4.69, 9.17) is 17.3 Å². The van der Waals surface area contributed by atoms with Gasteiger partial charge in [-0.3, -0.25) is 0 Å². The van der Waals surface area contributed by atoms with Crippen LogP contribution in [0.2, 0.25) is 5.02 Å². The minimum absolute atomic E-state index is 0.217. The molecule has 2 nitrogen and oxygen atoms in total. The van der Waals surface area contributed by atoms with E-state index in [2.05, 4.69) is 31.1 Å². The van der Waals surface area contributed by atoms with Crippen molar-refractivity contribution in [1.29, 1.82) is 0 Å². The van der Waals surface area contributed by atoms with Crippen LogP contribution in [0.3, 0.4) is 0 Å². The van der Waals surface area contributed by atoms with Crippen molar-refractivity contribution in [3.8, 4) is 0 Å². The minimum atomic E-state index is 0.217. The van der Waals surface area contributed by atoms with Crippen LogP contribution in [0.15, 0.2) is 24.4 Å². The first kappa shape index (κ1) is 10.2. The van der Waals surface area contributed by atoms with Gasteiger partial charge in [-0.15, -0.1) is 0 Å². The molecule has 0 aliphatic heterocycles. The van der Waals surface area contributed by atoms with Gasteiger partial charge in [-0.1, -0.05) is 31.5 Å². The highest BCUT2D eigenvalue weighted by Gasteiger charge is 2.56. The summed E-state index contributed by atoms with van der Waals surface area (Å²) in [6, 6.07) is 6.23. The zero-order valence-corrected chi connectivity index (χ0v) is 10.2. The molecule has 3 heteroatoms. The molecule has 1 saturated carbocycles. The van der Waals surface area contributed by atoms with Gasteiger partial charge in [0.2, 0.25) is 0 Å². The highest BCUT2D eigenvalue weighted by Crippen LogP contribution is 2.58. The number of hydrogen-bond donors (Lipinski definition) is 2. The van der Waals surface area contributed by atoms with E-state index in [1.165, 1.54) is 10.9 Å². The summed E-state index contributed by atoms with van der Waals surface area (Å²) in [5.41, 5.74) is 8.75. The van der Waals surface area contributed by atoms with E-state index in [-0.39, 0.29) is 11.5 Å². The molecule has 0 spiro atoms. The first-order valence-corrected chi connectivity index (χ1v) is 5.92. The molecule has 1 aromatic carbocycles. The van der Waals surface area contributed by atoms with E-state index in [9.17, 15) is 0 Å². The molecule has 3 N–H and O–H groups in total. The molecule has 84 valence electrons. The number of H-pyrrole nitrogens is 1. The van der Waals surface area contributed by atoms with Crippen molar-refractivity contribution in [3.63, 3.8) is 0 Å². The van der Waals surface area contributed by atoms with Crippen LogP contribution in [0, 0.1) is 5.41 Å². The fourth-order valence-corrected chi connectivity index (χ4v) is 2.82. The van der Waals surface area contributed by atoms with Crippen molar-refractivity contribution in [3.05, 3.63) is 35.0 Å². The van der Waals surface area contributed by atoms with E-state index in [0.29, 0.717) is 5.92 Å². The number of aromatic amines is 1. The topological polar surface area (TPSA) is 41.8 Å². The molecule has 1 fully saturated rings. The first-order valence-electron chi connectivity index (χ1n) is 5.54. The first-order chi connectivity index (χ1) is 7.51. The maximum absolute atomic E-state index is 6.12. The van der Waals surface area contributed by atoms with Gasteiger partial charge >= 0.3 is 0 Å². The van der Waals surface area contributed by atoms with Crippen molar-refractivity contribution in [2.45, 2.75) is 25.8 Å². The molecule has 2 aromatic rings. The number of nitrogens with one attached hydrogen (secondary N) is 1. The van der Waals surface area contributed by atoms with Crippen molar-refractivity contribution >= 4 is 22.5 Å². The Kier molecular flexibility index (Phi) is 1.92. The van der Waals surface area contributed by atoms with E-state index >= 15 is 0 Å². The average Bonchev–Trinajstić information content (AvgIpc) is 2.61. The fraction of sp³-hybridized carbons (Fsp3) is 0.385. The number of benzene rings is 1. The van der Waals surface area contributed by atoms with Crippen LogP contribution >= 0.6 is 11.6 Å². The molecule has 2 atom stereocenters. The van der Waals surface area contributed by atoms with E-state index in [1.807, 2.05) is 12.1 Å². The SMILES string of the molecule is CC1(C)C(N)C1c1c[nH]c2cc(Cl)ccc12. The molecule has 0 bridgehead atoms. The van der Waals surface area contributed by atoms with Crippen molar-refractivity contribution in [2.24, 2.45) is 11.1 Å². The Morgan fingerprint density at radius 1 is 1.38 bits per heavy atom. The molecule has 1 aromatic heterocycles. The molecule has 1 heterocycles. The van der Waals surface area contributed by atoms with Gasteiger partial charge < -0.3 is 10.7 Å². The second-order valence-corrected chi connectivity index (χ2v) is 5.70. The maximum Gasteiger partial charge on any atom is 0.0471 e. The van der Waals surface area contributed by atoms with Crippen LogP contribution < -0.4 is 5.73 Å². The molecular formula is C13H15ClN2. The van der Waals surface area contributed by atoms with Gasteiger partial charge in [0, 0.05) is 34.1 Å². The van der Waals surface area contributed by atoms with E-state index in [1.54, 1.807) is 0 Å². The van der Waals surface area contributed by atoms with Crippen LogP contribution in [0.25, 0.3) is 10.9 Å². The standard InChI is InChI=1S/C13H15ClN2/c1-13(2)11(12(13)15)9-6-16-10-5-7(14)3-4-8(9)10/h3-6,11-12,16H,15H2,1-2H3. The Bertz CT molecular complexity index is 556. The smallest absolute Gasteiger partial charge is 0.0471 e. The quantitative estimate of drug-likeness (QED) is 0.781. The lowest BCUT2D eigenvalue weighted by atomic mass is 10.0. The number of hydrogen-bond acceptors (Lipinski definition) is 1. The van der Waals surface area contributed by atoms with Gasteiger partial charge in [0.1, 0.15) is 0 Å². The molecule has 2 unspecified atom stereocenters. The summed E-state index contributed by atoms with van der Waals surface area (Å²) >= 11 is 5.96.